The van der Waals surface area contributed by atoms with Crippen LogP contribution in [0.3, 0.4) is 0 Å². The molecule has 2 atom stereocenters. The molecule has 2 unspecified atom stereocenters. The molecule has 20 heteroatoms. The highest BCUT2D eigenvalue weighted by molar-refractivity contribution is 6.98. The van der Waals surface area contributed by atoms with Gasteiger partial charge in [0.1, 0.15) is 28.4 Å². The molecule has 5 N–H and O–H groups in total. The molecule has 2 aliphatic rings. The van der Waals surface area contributed by atoms with E-state index in [2.05, 4.69) is 24.4 Å². The standard InChI is InChI=1S/C15H28N4O5.C15H26N2O6.C4H11N2Si/c1-14(2,3)23-12(21)18-7-8-19(10(9-18)11(20)17-16)13(22)24-15(4,5)6;1-14(2,3)22-12(20)16-7-8-17(10(9-16)11(18)19)13(21)23-15(4,5)6;1-7(2,3)4-6-5/h10H,7-9,16H2,1-6H3,(H,17,20);10H,7-9H2,1-6H3,(H,18,19);4-5H,1-3H3/q;;+1. The first kappa shape index (κ1) is 49.6. The summed E-state index contributed by atoms with van der Waals surface area (Å²) in [5.41, 5.74) is 5.76. The lowest BCUT2D eigenvalue weighted by atomic mass is 10.1. The van der Waals surface area contributed by atoms with Crippen LogP contribution in [0.25, 0.3) is 0 Å². The molecule has 2 heterocycles. The van der Waals surface area contributed by atoms with Crippen molar-refractivity contribution in [2.24, 2.45) is 5.84 Å². The first-order chi connectivity index (χ1) is 24.2. The van der Waals surface area contributed by atoms with E-state index in [9.17, 15) is 33.9 Å². The largest absolute Gasteiger partial charge is 0.480 e. The Kier molecular flexibility index (Phi) is 18.2. The average molecular weight is 790 g/mol. The number of ether oxygens (including phenoxy) is 4. The number of carboxylic acid groups (broad SMARTS) is 1. The fraction of sp³-hybridized carbons (Fsp3) is 0.794. The summed E-state index contributed by atoms with van der Waals surface area (Å²) in [6, 6.07) is -2.10. The van der Waals surface area contributed by atoms with E-state index in [0.29, 0.717) is 0 Å². The number of nitrogens with one attached hydrogen (secondary N) is 2. The van der Waals surface area contributed by atoms with Crippen LogP contribution >= 0.6 is 0 Å². The Morgan fingerprint density at radius 1 is 0.648 bits per heavy atom. The summed E-state index contributed by atoms with van der Waals surface area (Å²) in [6.07, 6.45) is -2.46. The monoisotopic (exact) mass is 789 g/mol. The molecule has 5 amide bonds. The Bertz CT molecular complexity index is 1370. The summed E-state index contributed by atoms with van der Waals surface area (Å²) in [5.74, 6) is 5.18. The molecular weight excluding hydrogens is 725 g/mol. The number of carbonyl (C=O) groups excluding carboxylic acids is 5. The predicted molar refractivity (Wildman–Crippen MR) is 201 cm³/mol. The van der Waals surface area contributed by atoms with E-state index in [4.69, 9.17) is 30.3 Å². The van der Waals surface area contributed by atoms with Crippen LogP contribution in [-0.2, 0) is 28.5 Å². The highest BCUT2D eigenvalue weighted by Crippen LogP contribution is 2.20. The van der Waals surface area contributed by atoms with Crippen LogP contribution in [0.1, 0.15) is 83.1 Å². The number of rotatable bonds is 3. The lowest BCUT2D eigenvalue weighted by molar-refractivity contribution is -0.145. The number of hydrazine groups is 1. The third-order valence-electron chi connectivity index (χ3n) is 6.50. The van der Waals surface area contributed by atoms with E-state index in [1.807, 2.05) is 5.43 Å². The summed E-state index contributed by atoms with van der Waals surface area (Å²) in [4.78, 5) is 80.5. The van der Waals surface area contributed by atoms with Gasteiger partial charge in [-0.1, -0.05) is 19.6 Å². The van der Waals surface area contributed by atoms with Crippen molar-refractivity contribution < 1.29 is 57.6 Å². The van der Waals surface area contributed by atoms with Gasteiger partial charge in [0.15, 0.2) is 14.1 Å². The van der Waals surface area contributed by atoms with Gasteiger partial charge in [-0.2, -0.15) is 0 Å². The number of nitrogens with two attached hydrogens (primary N) is 1. The molecule has 0 spiro atoms. The van der Waals surface area contributed by atoms with Gasteiger partial charge in [0.2, 0.25) is 0 Å². The van der Waals surface area contributed by atoms with E-state index >= 15 is 0 Å². The molecule has 0 aliphatic carbocycles. The summed E-state index contributed by atoms with van der Waals surface area (Å²) in [7, 11) is -1.14. The second-order valence-electron chi connectivity index (χ2n) is 17.7. The molecular formula is C34H65N8O11Si+. The van der Waals surface area contributed by atoms with Crippen LogP contribution in [0.2, 0.25) is 19.6 Å². The number of carboxylic acids is 1. The van der Waals surface area contributed by atoms with Crippen molar-refractivity contribution in [3.63, 3.8) is 0 Å². The van der Waals surface area contributed by atoms with E-state index in [1.54, 1.807) is 88.9 Å². The maximum absolute atomic E-state index is 12.3. The van der Waals surface area contributed by atoms with Crippen LogP contribution in [0.4, 0.5) is 19.2 Å². The van der Waals surface area contributed by atoms with Crippen LogP contribution in [0.15, 0.2) is 0 Å². The van der Waals surface area contributed by atoms with E-state index in [-0.39, 0.29) is 39.3 Å². The van der Waals surface area contributed by atoms with Gasteiger partial charge >= 0.3 is 30.3 Å². The van der Waals surface area contributed by atoms with Crippen molar-refractivity contribution in [2.75, 3.05) is 39.3 Å². The topological polar surface area (TPSA) is 249 Å². The lowest BCUT2D eigenvalue weighted by Gasteiger charge is -2.40. The van der Waals surface area contributed by atoms with Gasteiger partial charge in [-0.25, -0.2) is 29.8 Å². The lowest BCUT2D eigenvalue weighted by Crippen LogP contribution is -2.63. The van der Waals surface area contributed by atoms with Crippen LogP contribution in [0, 0.1) is 5.53 Å². The average Bonchev–Trinajstić information content (AvgIpc) is 2.96. The maximum atomic E-state index is 12.3. The third kappa shape index (κ3) is 20.1. The minimum Gasteiger partial charge on any atom is -0.480 e. The zero-order chi connectivity index (χ0) is 42.6. The van der Waals surface area contributed by atoms with Crippen molar-refractivity contribution in [1.29, 1.82) is 5.53 Å². The highest BCUT2D eigenvalue weighted by Gasteiger charge is 2.41. The Morgan fingerprint density at radius 2 is 0.963 bits per heavy atom. The smallest absolute Gasteiger partial charge is 0.411 e. The molecule has 2 rings (SSSR count). The molecule has 0 bridgehead atoms. The Balaban J connectivity index is 0.000000885. The number of hydrogen-bond acceptors (Lipinski definition) is 12. The third-order valence-corrected chi connectivity index (χ3v) is 7.41. The normalized spacial score (nSPS) is 17.9. The first-order valence-corrected chi connectivity index (χ1v) is 21.2. The fourth-order valence-electron chi connectivity index (χ4n) is 4.35. The molecule has 2 aliphatic heterocycles. The molecule has 2 fully saturated rings. The van der Waals surface area contributed by atoms with Crippen LogP contribution < -0.4 is 11.3 Å². The Morgan fingerprint density at radius 3 is 1.22 bits per heavy atom. The number of hydrogen-bond donors (Lipinski definition) is 4. The molecule has 0 radical (unpaired) electrons. The van der Waals surface area contributed by atoms with Gasteiger partial charge in [-0.15, -0.1) is 0 Å². The zero-order valence-electron chi connectivity index (χ0n) is 34.8. The number of aliphatic carboxylic acids is 1. The SMILES string of the molecule is CC(C)(C)OC(=O)N1CCN(C(=O)OC(C)(C)C)C(C(=O)NN)C1.CC(C)(C)OC(=O)N1CCN(C(=O)OC(C)(C)C)C(C(=O)O)C1.C[Si](C)(C)C=[N+]=N. The van der Waals surface area contributed by atoms with E-state index in [0.717, 1.165) is 4.90 Å². The van der Waals surface area contributed by atoms with Crippen molar-refractivity contribution in [2.45, 2.75) is 137 Å². The molecule has 19 nitrogen and oxygen atoms in total. The predicted octanol–water partition coefficient (Wildman–Crippen LogP) is 3.93. The molecule has 54 heavy (non-hydrogen) atoms. The second kappa shape index (κ2) is 19.8. The van der Waals surface area contributed by atoms with Crippen LogP contribution in [0.5, 0.6) is 0 Å². The van der Waals surface area contributed by atoms with Gasteiger partial charge in [-0.3, -0.25) is 20.0 Å². The van der Waals surface area contributed by atoms with Crippen LogP contribution in [-0.4, -0.2) is 153 Å². The fourth-order valence-corrected chi connectivity index (χ4v) is 4.74. The summed E-state index contributed by atoms with van der Waals surface area (Å²) >= 11 is 0. The summed E-state index contributed by atoms with van der Waals surface area (Å²) in [6.45, 7) is 27.7. The maximum Gasteiger partial charge on any atom is 0.411 e. The zero-order valence-corrected chi connectivity index (χ0v) is 35.8. The van der Waals surface area contributed by atoms with Gasteiger partial charge in [-0.05, 0) is 83.1 Å². The molecule has 0 aromatic rings. The molecule has 0 aromatic carbocycles. The number of nitrogens with zero attached hydrogens (tertiary/aromatic N) is 5. The quantitative estimate of drug-likeness (QED) is 0.0464. The van der Waals surface area contributed by atoms with Crippen molar-refractivity contribution in [3.8, 4) is 0 Å². The number of carbonyl (C=O) groups is 6. The second-order valence-corrected chi connectivity index (χ2v) is 22.7. The number of piperazine rings is 2. The molecule has 310 valence electrons. The minimum atomic E-state index is -1.19. The van der Waals surface area contributed by atoms with Gasteiger partial charge in [0, 0.05) is 31.0 Å². The van der Waals surface area contributed by atoms with Gasteiger partial charge in [0.05, 0.1) is 18.6 Å². The van der Waals surface area contributed by atoms with Crippen molar-refractivity contribution in [1.82, 2.24) is 25.0 Å². The molecule has 0 saturated carbocycles. The van der Waals surface area contributed by atoms with Gasteiger partial charge in [0.25, 0.3) is 11.7 Å². The molecule has 2 saturated heterocycles. The van der Waals surface area contributed by atoms with Crippen molar-refractivity contribution >= 4 is 50.2 Å². The van der Waals surface area contributed by atoms with E-state index in [1.165, 1.54) is 14.7 Å². The summed E-state index contributed by atoms with van der Waals surface area (Å²) in [5, 5.41) is 9.36. The molecule has 0 aromatic heterocycles. The van der Waals surface area contributed by atoms with Gasteiger partial charge < -0.3 is 33.9 Å². The summed E-state index contributed by atoms with van der Waals surface area (Å²) < 4.78 is 21.1. The highest BCUT2D eigenvalue weighted by atomic mass is 28.3. The van der Waals surface area contributed by atoms with E-state index < -0.39 is 78.8 Å². The minimum absolute atomic E-state index is 0.0167. The number of amides is 5. The van der Waals surface area contributed by atoms with Crippen molar-refractivity contribution in [3.05, 3.63) is 0 Å². The Labute approximate surface area is 320 Å². The first-order valence-electron chi connectivity index (χ1n) is 17.6. The Hall–Kier alpha value is -4.42.